The number of esters is 1. The van der Waals surface area contributed by atoms with Gasteiger partial charge in [-0.1, -0.05) is 18.2 Å². The molecular formula is C17H18N2O6S. The average molecular weight is 378 g/mol. The Bertz CT molecular complexity index is 912. The molecule has 0 aromatic heterocycles. The number of sulfonamides is 1. The van der Waals surface area contributed by atoms with Crippen molar-refractivity contribution in [2.24, 2.45) is 5.14 Å². The number of para-hydroxylation sites is 1. The number of methoxy groups -OCH3 is 1. The maximum Gasteiger partial charge on any atom is 0.342 e. The first kappa shape index (κ1) is 19.4. The van der Waals surface area contributed by atoms with Crippen LogP contribution in [0.3, 0.4) is 0 Å². The van der Waals surface area contributed by atoms with Crippen molar-refractivity contribution in [3.05, 3.63) is 54.1 Å². The van der Waals surface area contributed by atoms with E-state index < -0.39 is 28.5 Å². The number of likely N-dealkylation sites (N-methyl/N-ethyl adjacent to an activating group) is 1. The lowest BCUT2D eigenvalue weighted by Crippen LogP contribution is -2.31. The van der Waals surface area contributed by atoms with Crippen molar-refractivity contribution in [3.63, 3.8) is 0 Å². The first-order chi connectivity index (χ1) is 12.2. The van der Waals surface area contributed by atoms with Crippen molar-refractivity contribution in [1.29, 1.82) is 0 Å². The molecule has 0 bridgehead atoms. The van der Waals surface area contributed by atoms with Crippen molar-refractivity contribution >= 4 is 27.6 Å². The molecule has 8 nitrogen and oxygen atoms in total. The average Bonchev–Trinajstić information content (AvgIpc) is 2.64. The third-order valence-electron chi connectivity index (χ3n) is 3.56. The number of amides is 1. The summed E-state index contributed by atoms with van der Waals surface area (Å²) in [7, 11) is -1.14. The van der Waals surface area contributed by atoms with E-state index in [0.717, 1.165) is 6.07 Å². The van der Waals surface area contributed by atoms with E-state index in [4.69, 9.17) is 14.6 Å². The van der Waals surface area contributed by atoms with Gasteiger partial charge in [0.25, 0.3) is 5.91 Å². The Kier molecular flexibility index (Phi) is 5.96. The maximum atomic E-state index is 12.3. The number of carbonyl (C=O) groups is 2. The Balaban J connectivity index is 2.13. The van der Waals surface area contributed by atoms with Crippen LogP contribution in [0.4, 0.5) is 5.69 Å². The van der Waals surface area contributed by atoms with Gasteiger partial charge in [0.15, 0.2) is 6.61 Å². The van der Waals surface area contributed by atoms with E-state index in [1.165, 1.54) is 24.1 Å². The summed E-state index contributed by atoms with van der Waals surface area (Å²) in [5.41, 5.74) is 0.497. The number of nitrogens with zero attached hydrogens (tertiary/aromatic N) is 1. The van der Waals surface area contributed by atoms with Crippen molar-refractivity contribution in [2.45, 2.75) is 4.90 Å². The molecule has 0 heterocycles. The van der Waals surface area contributed by atoms with Gasteiger partial charge in [-0.15, -0.1) is 0 Å². The van der Waals surface area contributed by atoms with Crippen LogP contribution in [0.15, 0.2) is 53.4 Å². The summed E-state index contributed by atoms with van der Waals surface area (Å²) >= 11 is 0. The van der Waals surface area contributed by atoms with Crippen LogP contribution in [0.2, 0.25) is 0 Å². The lowest BCUT2D eigenvalue weighted by molar-refractivity contribution is -0.121. The molecule has 0 atom stereocenters. The molecule has 0 fully saturated rings. The van der Waals surface area contributed by atoms with Crippen LogP contribution in [-0.4, -0.2) is 41.1 Å². The van der Waals surface area contributed by atoms with E-state index in [1.54, 1.807) is 31.3 Å². The van der Waals surface area contributed by atoms with Crippen LogP contribution < -0.4 is 14.8 Å². The van der Waals surface area contributed by atoms with Gasteiger partial charge in [0.2, 0.25) is 10.0 Å². The fourth-order valence-corrected chi connectivity index (χ4v) is 2.66. The molecule has 0 saturated heterocycles. The van der Waals surface area contributed by atoms with Crippen LogP contribution in [0.1, 0.15) is 10.4 Å². The van der Waals surface area contributed by atoms with Crippen molar-refractivity contribution in [3.8, 4) is 5.75 Å². The molecule has 9 heteroatoms. The zero-order valence-electron chi connectivity index (χ0n) is 14.2. The lowest BCUT2D eigenvalue weighted by atomic mass is 10.2. The fraction of sp³-hybridized carbons (Fsp3) is 0.176. The standard InChI is InChI=1S/C17H18N2O6S/c1-19(12-6-4-3-5-7-12)16(20)11-25-17(21)14-10-13(26(18,22)23)8-9-15(14)24-2/h3-10H,11H2,1-2H3,(H2,18,22,23). The van der Waals surface area contributed by atoms with E-state index in [1.807, 2.05) is 6.07 Å². The number of primary sulfonamides is 1. The highest BCUT2D eigenvalue weighted by Gasteiger charge is 2.20. The molecule has 0 saturated carbocycles. The molecular weight excluding hydrogens is 360 g/mol. The minimum absolute atomic E-state index is 0.103. The molecule has 0 aliphatic rings. The van der Waals surface area contributed by atoms with Crippen LogP contribution in [0, 0.1) is 0 Å². The number of anilines is 1. The highest BCUT2D eigenvalue weighted by molar-refractivity contribution is 7.89. The summed E-state index contributed by atoms with van der Waals surface area (Å²) < 4.78 is 32.9. The number of benzene rings is 2. The van der Waals surface area contributed by atoms with Gasteiger partial charge in [0.05, 0.1) is 12.0 Å². The van der Waals surface area contributed by atoms with Gasteiger partial charge in [0, 0.05) is 12.7 Å². The van der Waals surface area contributed by atoms with E-state index in [2.05, 4.69) is 0 Å². The lowest BCUT2D eigenvalue weighted by Gasteiger charge is -2.17. The minimum Gasteiger partial charge on any atom is -0.496 e. The molecule has 0 unspecified atom stereocenters. The number of hydrogen-bond donors (Lipinski definition) is 1. The van der Waals surface area contributed by atoms with Crippen LogP contribution in [0.5, 0.6) is 5.75 Å². The summed E-state index contributed by atoms with van der Waals surface area (Å²) in [6, 6.07) is 12.4. The van der Waals surface area contributed by atoms with Gasteiger partial charge in [-0.25, -0.2) is 18.4 Å². The number of nitrogens with two attached hydrogens (primary N) is 1. The Morgan fingerprint density at radius 2 is 1.77 bits per heavy atom. The molecule has 2 aromatic carbocycles. The Morgan fingerprint density at radius 3 is 2.35 bits per heavy atom. The van der Waals surface area contributed by atoms with E-state index >= 15 is 0 Å². The van der Waals surface area contributed by atoms with Crippen LogP contribution in [-0.2, 0) is 19.6 Å². The van der Waals surface area contributed by atoms with Gasteiger partial charge < -0.3 is 14.4 Å². The Hall–Kier alpha value is -2.91. The number of ether oxygens (including phenoxy) is 2. The summed E-state index contributed by atoms with van der Waals surface area (Å²) in [4.78, 5) is 25.5. The minimum atomic E-state index is -4.00. The molecule has 0 aliphatic heterocycles. The topological polar surface area (TPSA) is 116 Å². The molecule has 2 aromatic rings. The summed E-state index contributed by atoms with van der Waals surface area (Å²) in [6.45, 7) is -0.521. The quantitative estimate of drug-likeness (QED) is 0.754. The van der Waals surface area contributed by atoms with E-state index in [-0.39, 0.29) is 16.2 Å². The first-order valence-corrected chi connectivity index (χ1v) is 8.98. The second-order valence-corrected chi connectivity index (χ2v) is 6.83. The molecule has 1 amide bonds. The molecule has 0 aliphatic carbocycles. The highest BCUT2D eigenvalue weighted by Crippen LogP contribution is 2.23. The number of carbonyl (C=O) groups excluding carboxylic acids is 2. The van der Waals surface area contributed by atoms with Crippen molar-refractivity contribution in [1.82, 2.24) is 0 Å². The van der Waals surface area contributed by atoms with Crippen molar-refractivity contribution < 1.29 is 27.5 Å². The molecule has 2 rings (SSSR count). The van der Waals surface area contributed by atoms with Crippen LogP contribution >= 0.6 is 0 Å². The smallest absolute Gasteiger partial charge is 0.342 e. The molecule has 0 spiro atoms. The summed E-state index contributed by atoms with van der Waals surface area (Å²) in [5, 5.41) is 5.06. The first-order valence-electron chi connectivity index (χ1n) is 7.43. The number of hydrogen-bond acceptors (Lipinski definition) is 6. The third-order valence-corrected chi connectivity index (χ3v) is 4.47. The monoisotopic (exact) mass is 378 g/mol. The summed E-state index contributed by atoms with van der Waals surface area (Å²) in [6.07, 6.45) is 0. The third kappa shape index (κ3) is 4.58. The van der Waals surface area contributed by atoms with Gasteiger partial charge in [-0.2, -0.15) is 0 Å². The predicted molar refractivity (Wildman–Crippen MR) is 94.5 cm³/mol. The largest absolute Gasteiger partial charge is 0.496 e. The molecule has 0 radical (unpaired) electrons. The van der Waals surface area contributed by atoms with Gasteiger partial charge >= 0.3 is 5.97 Å². The van der Waals surface area contributed by atoms with Crippen molar-refractivity contribution in [2.75, 3.05) is 25.7 Å². The van der Waals surface area contributed by atoms with Gasteiger partial charge in [0.1, 0.15) is 11.3 Å². The fourth-order valence-electron chi connectivity index (χ4n) is 2.12. The SMILES string of the molecule is COc1ccc(S(N)(=O)=O)cc1C(=O)OCC(=O)N(C)c1ccccc1. The van der Waals surface area contributed by atoms with Gasteiger partial charge in [-0.3, -0.25) is 4.79 Å². The van der Waals surface area contributed by atoms with E-state index in [0.29, 0.717) is 5.69 Å². The molecule has 138 valence electrons. The highest BCUT2D eigenvalue weighted by atomic mass is 32.2. The Labute approximate surface area is 151 Å². The molecule has 26 heavy (non-hydrogen) atoms. The van der Waals surface area contributed by atoms with E-state index in [9.17, 15) is 18.0 Å². The predicted octanol–water partition coefficient (Wildman–Crippen LogP) is 1.16. The number of rotatable bonds is 6. The maximum absolute atomic E-state index is 12.3. The second kappa shape index (κ2) is 7.98. The Morgan fingerprint density at radius 1 is 1.12 bits per heavy atom. The second-order valence-electron chi connectivity index (χ2n) is 5.27. The normalized spacial score (nSPS) is 10.9. The zero-order chi connectivity index (χ0) is 19.3. The van der Waals surface area contributed by atoms with Crippen LogP contribution in [0.25, 0.3) is 0 Å². The molecule has 2 N–H and O–H groups in total. The van der Waals surface area contributed by atoms with Gasteiger partial charge in [-0.05, 0) is 30.3 Å². The zero-order valence-corrected chi connectivity index (χ0v) is 15.0. The summed E-state index contributed by atoms with van der Waals surface area (Å²) in [5.74, 6) is -1.25.